The first-order valence-corrected chi connectivity index (χ1v) is 12.8. The fourth-order valence-electron chi connectivity index (χ4n) is 3.99. The molecule has 0 unspecified atom stereocenters. The summed E-state index contributed by atoms with van der Waals surface area (Å²) < 4.78 is 16.8. The van der Waals surface area contributed by atoms with Crippen molar-refractivity contribution in [2.75, 3.05) is 19.8 Å². The van der Waals surface area contributed by atoms with Gasteiger partial charge in [0.2, 0.25) is 0 Å². The molecule has 0 saturated carbocycles. The van der Waals surface area contributed by atoms with Crippen LogP contribution in [-0.2, 0) is 17.6 Å². The lowest BCUT2D eigenvalue weighted by atomic mass is 9.99. The van der Waals surface area contributed by atoms with Crippen molar-refractivity contribution in [1.82, 2.24) is 0 Å². The number of aliphatic imine (C=N–C) groups is 1. The summed E-state index contributed by atoms with van der Waals surface area (Å²) >= 11 is 0. The second-order valence-corrected chi connectivity index (χ2v) is 8.58. The molecule has 0 saturated heterocycles. The molecule has 0 aromatic heterocycles. The quantitative estimate of drug-likeness (QED) is 0.171. The smallest absolute Gasteiger partial charge is 0.435 e. The van der Waals surface area contributed by atoms with Gasteiger partial charge in [0.25, 0.3) is 0 Å². The molecular formula is C30H36N2O5. The van der Waals surface area contributed by atoms with Crippen LogP contribution in [0.25, 0.3) is 11.1 Å². The Kier molecular flexibility index (Phi) is 10.4. The second kappa shape index (κ2) is 13.9. The van der Waals surface area contributed by atoms with Crippen LogP contribution in [0.15, 0.2) is 65.7 Å². The van der Waals surface area contributed by atoms with Crippen molar-refractivity contribution < 1.29 is 24.1 Å². The van der Waals surface area contributed by atoms with Crippen LogP contribution in [0.5, 0.6) is 17.2 Å². The van der Waals surface area contributed by atoms with Crippen LogP contribution in [-0.4, -0.2) is 36.9 Å². The van der Waals surface area contributed by atoms with Crippen LogP contribution < -0.4 is 15.2 Å². The molecule has 37 heavy (non-hydrogen) atoms. The van der Waals surface area contributed by atoms with Crippen molar-refractivity contribution in [2.24, 2.45) is 10.7 Å². The fraction of sp³-hybridized carbons (Fsp3) is 0.333. The highest BCUT2D eigenvalue weighted by Gasteiger charge is 2.10. The highest BCUT2D eigenvalue weighted by molar-refractivity contribution is 6.03. The summed E-state index contributed by atoms with van der Waals surface area (Å²) in [6.45, 7) is 7.03. The average Bonchev–Trinajstić information content (AvgIpc) is 2.89. The van der Waals surface area contributed by atoms with Gasteiger partial charge in [0.1, 0.15) is 36.3 Å². The summed E-state index contributed by atoms with van der Waals surface area (Å²) in [7, 11) is 0. The molecule has 0 aliphatic rings. The number of nitrogens with two attached hydrogens (primary N) is 1. The van der Waals surface area contributed by atoms with Gasteiger partial charge in [-0.25, -0.2) is 4.79 Å². The van der Waals surface area contributed by atoms with Crippen LogP contribution in [0.3, 0.4) is 0 Å². The van der Waals surface area contributed by atoms with E-state index >= 15 is 0 Å². The first-order valence-electron chi connectivity index (χ1n) is 12.8. The van der Waals surface area contributed by atoms with E-state index in [1.165, 1.54) is 0 Å². The number of aryl methyl sites for hydroxylation is 2. The van der Waals surface area contributed by atoms with Crippen molar-refractivity contribution in [2.45, 2.75) is 46.5 Å². The summed E-state index contributed by atoms with van der Waals surface area (Å²) in [4.78, 5) is 15.3. The third kappa shape index (κ3) is 8.00. The van der Waals surface area contributed by atoms with Gasteiger partial charge in [-0.1, -0.05) is 57.0 Å². The van der Waals surface area contributed by atoms with E-state index in [4.69, 9.17) is 19.9 Å². The van der Waals surface area contributed by atoms with Crippen molar-refractivity contribution in [3.05, 3.63) is 77.4 Å². The minimum atomic E-state index is -0.696. The van der Waals surface area contributed by atoms with E-state index in [2.05, 4.69) is 24.9 Å². The molecule has 3 N–H and O–H groups in total. The van der Waals surface area contributed by atoms with Gasteiger partial charge in [-0.15, -0.1) is 0 Å². The molecule has 3 aromatic rings. The molecular weight excluding hydrogens is 468 g/mol. The number of ether oxygens (including phenoxy) is 3. The zero-order valence-electron chi connectivity index (χ0n) is 21.8. The Hall–Kier alpha value is -4.00. The van der Waals surface area contributed by atoms with Crippen molar-refractivity contribution in [3.63, 3.8) is 0 Å². The minimum Gasteiger partial charge on any atom is -0.508 e. The van der Waals surface area contributed by atoms with Gasteiger partial charge in [-0.05, 0) is 72.4 Å². The summed E-state index contributed by atoms with van der Waals surface area (Å²) in [6.07, 6.45) is 3.00. The Morgan fingerprint density at radius 1 is 0.811 bits per heavy atom. The number of carbonyl (C=O) groups excluding carboxylic acids is 1. The van der Waals surface area contributed by atoms with Crippen LogP contribution in [0.2, 0.25) is 0 Å². The number of benzene rings is 3. The summed E-state index contributed by atoms with van der Waals surface area (Å²) in [6, 6.07) is 18.9. The first-order chi connectivity index (χ1) is 17.9. The highest BCUT2D eigenvalue weighted by atomic mass is 16.5. The molecule has 0 heterocycles. The Morgan fingerprint density at radius 3 is 1.97 bits per heavy atom. The number of nitrogens with zero attached hydrogens (tertiary/aromatic N) is 1. The maximum absolute atomic E-state index is 11.5. The van der Waals surface area contributed by atoms with Gasteiger partial charge in [0.15, 0.2) is 0 Å². The van der Waals surface area contributed by atoms with E-state index < -0.39 is 6.09 Å². The molecule has 3 aromatic carbocycles. The third-order valence-electron chi connectivity index (χ3n) is 5.74. The normalized spacial score (nSPS) is 11.3. The summed E-state index contributed by atoms with van der Waals surface area (Å²) in [5, 5.41) is 9.75. The molecule has 1 amide bonds. The number of hydrogen-bond acceptors (Lipinski definition) is 5. The monoisotopic (exact) mass is 504 g/mol. The number of hydrogen-bond donors (Lipinski definition) is 2. The minimum absolute atomic E-state index is 0.122. The van der Waals surface area contributed by atoms with E-state index in [9.17, 15) is 9.90 Å². The second-order valence-electron chi connectivity index (χ2n) is 8.58. The lowest BCUT2D eigenvalue weighted by Gasteiger charge is -2.15. The van der Waals surface area contributed by atoms with Gasteiger partial charge in [0, 0.05) is 5.56 Å². The topological polar surface area (TPSA) is 103 Å². The van der Waals surface area contributed by atoms with E-state index in [-0.39, 0.29) is 18.2 Å². The molecule has 0 fully saturated rings. The molecule has 0 aliphatic carbocycles. The van der Waals surface area contributed by atoms with Gasteiger partial charge in [-0.3, -0.25) is 0 Å². The SMILES string of the molecule is CCCc1cc(O)ccc1OCCOc1ccc(-c2ccc(C(N)=NC(=O)OCC)cc2)cc1CCC. The maximum Gasteiger partial charge on any atom is 0.435 e. The molecule has 0 atom stereocenters. The molecule has 0 spiro atoms. The molecule has 0 aliphatic heterocycles. The largest absolute Gasteiger partial charge is 0.508 e. The predicted molar refractivity (Wildman–Crippen MR) is 147 cm³/mol. The van der Waals surface area contributed by atoms with E-state index in [1.807, 2.05) is 36.4 Å². The lowest BCUT2D eigenvalue weighted by Crippen LogP contribution is -2.16. The molecule has 7 heteroatoms. The van der Waals surface area contributed by atoms with Crippen molar-refractivity contribution in [1.29, 1.82) is 0 Å². The molecule has 196 valence electrons. The Balaban J connectivity index is 1.66. The summed E-state index contributed by atoms with van der Waals surface area (Å²) in [5.74, 6) is 2.00. The Bertz CT molecular complexity index is 1210. The van der Waals surface area contributed by atoms with E-state index in [0.717, 1.165) is 59.4 Å². The number of phenols is 1. The molecule has 0 radical (unpaired) electrons. The Morgan fingerprint density at radius 2 is 1.38 bits per heavy atom. The highest BCUT2D eigenvalue weighted by Crippen LogP contribution is 2.29. The van der Waals surface area contributed by atoms with Gasteiger partial charge < -0.3 is 25.1 Å². The lowest BCUT2D eigenvalue weighted by molar-refractivity contribution is 0.163. The van der Waals surface area contributed by atoms with Crippen LogP contribution >= 0.6 is 0 Å². The average molecular weight is 505 g/mol. The maximum atomic E-state index is 11.5. The first kappa shape index (κ1) is 27.6. The van der Waals surface area contributed by atoms with Crippen LogP contribution in [0.4, 0.5) is 4.79 Å². The van der Waals surface area contributed by atoms with Crippen molar-refractivity contribution in [3.8, 4) is 28.4 Å². The van der Waals surface area contributed by atoms with E-state index in [0.29, 0.717) is 18.8 Å². The molecule has 7 nitrogen and oxygen atoms in total. The fourth-order valence-corrected chi connectivity index (χ4v) is 3.99. The number of phenolic OH excluding ortho intramolecular Hbond substituents is 1. The molecule has 3 rings (SSSR count). The van der Waals surface area contributed by atoms with Crippen molar-refractivity contribution >= 4 is 11.9 Å². The number of aromatic hydroxyl groups is 1. The number of amidine groups is 1. The zero-order chi connectivity index (χ0) is 26.6. The standard InChI is InChI=1S/C30H36N2O5/c1-4-7-24-19-23(21-9-11-22(12-10-21)29(31)32-30(34)35-6-3)13-15-27(24)36-17-18-37-28-16-14-26(33)20-25(28)8-5-2/h9-16,19-20,33H,4-8,17-18H2,1-3H3,(H2,31,32,34). The van der Waals surface area contributed by atoms with Crippen LogP contribution in [0, 0.1) is 0 Å². The Labute approximate surface area is 218 Å². The van der Waals surface area contributed by atoms with Crippen LogP contribution in [0.1, 0.15) is 50.3 Å². The molecule has 0 bridgehead atoms. The van der Waals surface area contributed by atoms with E-state index in [1.54, 1.807) is 25.1 Å². The summed E-state index contributed by atoms with van der Waals surface area (Å²) in [5.41, 5.74) is 10.8. The number of carbonyl (C=O) groups is 1. The number of rotatable bonds is 12. The van der Waals surface area contributed by atoms with Gasteiger partial charge in [-0.2, -0.15) is 4.99 Å². The number of amides is 1. The van der Waals surface area contributed by atoms with Gasteiger partial charge in [0.05, 0.1) is 6.61 Å². The third-order valence-corrected chi connectivity index (χ3v) is 5.74. The predicted octanol–water partition coefficient (Wildman–Crippen LogP) is 6.28. The zero-order valence-corrected chi connectivity index (χ0v) is 21.8. The van der Waals surface area contributed by atoms with Gasteiger partial charge >= 0.3 is 6.09 Å².